The molecule has 44 heavy (non-hydrogen) atoms. The third-order valence-electron chi connectivity index (χ3n) is 6.87. The Balaban J connectivity index is 0.00000141. The predicted octanol–water partition coefficient (Wildman–Crippen LogP) is 2.74. The number of esters is 1. The highest BCUT2D eigenvalue weighted by molar-refractivity contribution is 5.94. The third kappa shape index (κ3) is 6.07. The number of aromatic nitrogens is 4. The number of anilines is 2. The van der Waals surface area contributed by atoms with E-state index in [9.17, 15) is 28.0 Å². The fraction of sp³-hybridized carbons (Fsp3) is 0.200. The minimum absolute atomic E-state index is 0.00602. The summed E-state index contributed by atoms with van der Waals surface area (Å²) in [7, 11) is 1.20. The number of carboxylic acid groups (broad SMARTS) is 1. The number of allylic oxidation sites excluding steroid dienone is 1. The number of hydrogen-bond donors (Lipinski definition) is 1. The monoisotopic (exact) mass is 606 g/mol. The van der Waals surface area contributed by atoms with Gasteiger partial charge in [0.2, 0.25) is 5.95 Å². The Bertz CT molecular complexity index is 1810. The van der Waals surface area contributed by atoms with E-state index in [0.29, 0.717) is 28.9 Å². The van der Waals surface area contributed by atoms with Crippen molar-refractivity contribution in [2.75, 3.05) is 12.0 Å². The van der Waals surface area contributed by atoms with Crippen LogP contribution in [0.1, 0.15) is 41.6 Å². The van der Waals surface area contributed by atoms with Crippen LogP contribution in [0.4, 0.5) is 24.8 Å². The van der Waals surface area contributed by atoms with Crippen molar-refractivity contribution in [2.24, 2.45) is 0 Å². The number of nitrogens with zero attached hydrogens (tertiary/aromatic N) is 5. The van der Waals surface area contributed by atoms with Gasteiger partial charge in [0, 0.05) is 35.6 Å². The van der Waals surface area contributed by atoms with E-state index < -0.39 is 35.9 Å². The fourth-order valence-electron chi connectivity index (χ4n) is 5.11. The van der Waals surface area contributed by atoms with Gasteiger partial charge in [-0.05, 0) is 42.3 Å². The van der Waals surface area contributed by atoms with Crippen LogP contribution in [0.2, 0.25) is 0 Å². The Morgan fingerprint density at radius 1 is 1.18 bits per heavy atom. The van der Waals surface area contributed by atoms with E-state index in [1.807, 2.05) is 35.2 Å². The highest BCUT2D eigenvalue weighted by Crippen LogP contribution is 2.44. The van der Waals surface area contributed by atoms with Crippen molar-refractivity contribution in [3.63, 3.8) is 0 Å². The van der Waals surface area contributed by atoms with Crippen LogP contribution >= 0.6 is 0 Å². The van der Waals surface area contributed by atoms with E-state index >= 15 is 0 Å². The summed E-state index contributed by atoms with van der Waals surface area (Å²) in [6, 6.07) is 16.1. The van der Waals surface area contributed by atoms with Crippen LogP contribution in [-0.2, 0) is 27.0 Å². The molecule has 4 aromatic rings. The number of methoxy groups -OCH3 is 1. The molecule has 2 aromatic carbocycles. The average Bonchev–Trinajstić information content (AvgIpc) is 3.40. The van der Waals surface area contributed by atoms with E-state index in [4.69, 9.17) is 14.6 Å². The first-order chi connectivity index (χ1) is 21.1. The van der Waals surface area contributed by atoms with Crippen LogP contribution in [-0.4, -0.2) is 34.3 Å². The number of aromatic amines is 1. The molecule has 5 rings (SSSR count). The zero-order valence-electron chi connectivity index (χ0n) is 23.4. The van der Waals surface area contributed by atoms with Crippen molar-refractivity contribution in [1.29, 1.82) is 5.26 Å². The highest BCUT2D eigenvalue weighted by atomic mass is 19.4. The molecule has 2 aromatic heterocycles. The van der Waals surface area contributed by atoms with Crippen LogP contribution in [0.25, 0.3) is 0 Å². The summed E-state index contributed by atoms with van der Waals surface area (Å²) in [5.74, 6) is -0.753. The summed E-state index contributed by atoms with van der Waals surface area (Å²) < 4.78 is 49.2. The Morgan fingerprint density at radius 2 is 1.89 bits per heavy atom. The summed E-state index contributed by atoms with van der Waals surface area (Å²) in [5, 5.41) is 24.4. The van der Waals surface area contributed by atoms with Gasteiger partial charge < -0.3 is 14.6 Å². The number of fused-ring (bicyclic) bond motifs is 1. The molecule has 14 heteroatoms. The second-order valence-electron chi connectivity index (χ2n) is 9.36. The number of carbonyl (C=O) groups is 2. The lowest BCUT2D eigenvalue weighted by molar-refractivity contribution is -0.688. The van der Waals surface area contributed by atoms with E-state index in [0.717, 1.165) is 12.1 Å². The molecule has 0 bridgehead atoms. The Kier molecular flexibility index (Phi) is 9.28. The molecule has 3 heterocycles. The van der Waals surface area contributed by atoms with Gasteiger partial charge in [-0.1, -0.05) is 25.1 Å². The van der Waals surface area contributed by atoms with Crippen molar-refractivity contribution in [3.05, 3.63) is 117 Å². The van der Waals surface area contributed by atoms with Gasteiger partial charge in [0.05, 0.1) is 29.9 Å². The average molecular weight is 607 g/mol. The van der Waals surface area contributed by atoms with Gasteiger partial charge in [0.15, 0.2) is 18.9 Å². The van der Waals surface area contributed by atoms with E-state index in [1.165, 1.54) is 28.7 Å². The van der Waals surface area contributed by atoms with Crippen LogP contribution in [0.3, 0.4) is 0 Å². The van der Waals surface area contributed by atoms with Gasteiger partial charge in [-0.25, -0.2) is 23.8 Å². The highest BCUT2D eigenvalue weighted by Gasteiger charge is 2.42. The van der Waals surface area contributed by atoms with Crippen molar-refractivity contribution in [3.8, 4) is 6.07 Å². The summed E-state index contributed by atoms with van der Waals surface area (Å²) in [6.07, 6.45) is -0.753. The lowest BCUT2D eigenvalue weighted by Crippen LogP contribution is -2.39. The standard InChI is InChI=1S/C29H23F3N6O3.CH2O2/c1-3-23-24(26(39)41-2)25(22-11-10-18(16-33)14-19(22)17-36-12-5-4-6-13-36)38-27(34-35-28(38)40)37(23)21-9-7-8-20(15-21)29(30,31)32;2-1-3/h4-15,25H,3,17H2,1-2H3;1H,(H,2,3)/t25-;/m1./s1. The number of alkyl halides is 3. The van der Waals surface area contributed by atoms with Gasteiger partial charge in [-0.2, -0.15) is 18.4 Å². The van der Waals surface area contributed by atoms with Crippen LogP contribution in [0, 0.1) is 11.3 Å². The largest absolute Gasteiger partial charge is 0.554 e. The van der Waals surface area contributed by atoms with Gasteiger partial charge in [0.1, 0.15) is 6.04 Å². The molecular weight excluding hydrogens is 581 g/mol. The maximum atomic E-state index is 13.6. The zero-order chi connectivity index (χ0) is 32.0. The van der Waals surface area contributed by atoms with Gasteiger partial charge in [-0.15, -0.1) is 5.10 Å². The number of ether oxygens (including phenoxy) is 1. The van der Waals surface area contributed by atoms with E-state index in [-0.39, 0.29) is 23.6 Å². The normalized spacial score (nSPS) is 14.2. The summed E-state index contributed by atoms with van der Waals surface area (Å²) in [5.41, 5.74) is 0.418. The van der Waals surface area contributed by atoms with Crippen LogP contribution < -0.4 is 20.3 Å². The molecule has 1 aliphatic rings. The SMILES string of the molecule is CCC1=C(C(=O)OC)[C@@H](c2ccc(C#N)cc2C[n+]2ccccc2)n2c(n[nH]c2=O)N1c1cccc(C(F)(F)F)c1.O=C[O-]. The first-order valence-corrected chi connectivity index (χ1v) is 13.1. The minimum Gasteiger partial charge on any atom is -0.554 e. The molecule has 0 spiro atoms. The number of hydrogen-bond acceptors (Lipinski definition) is 8. The number of rotatable bonds is 6. The lowest BCUT2D eigenvalue weighted by Gasteiger charge is -2.37. The van der Waals surface area contributed by atoms with Crippen molar-refractivity contribution >= 4 is 24.1 Å². The third-order valence-corrected chi connectivity index (χ3v) is 6.87. The summed E-state index contributed by atoms with van der Waals surface area (Å²) in [6.45, 7) is 1.55. The Morgan fingerprint density at radius 3 is 2.50 bits per heavy atom. The molecule has 0 unspecified atom stereocenters. The first kappa shape index (κ1) is 31.2. The second-order valence-corrected chi connectivity index (χ2v) is 9.36. The number of pyridine rings is 1. The molecule has 0 fully saturated rings. The summed E-state index contributed by atoms with van der Waals surface area (Å²) in [4.78, 5) is 36.4. The Hall–Kier alpha value is -5.71. The predicted molar refractivity (Wildman–Crippen MR) is 147 cm³/mol. The quantitative estimate of drug-likeness (QED) is 0.200. The van der Waals surface area contributed by atoms with Crippen LogP contribution in [0.5, 0.6) is 0 Å². The maximum absolute atomic E-state index is 13.6. The first-order valence-electron chi connectivity index (χ1n) is 13.1. The number of benzene rings is 2. The molecule has 1 N–H and O–H groups in total. The van der Waals surface area contributed by atoms with Crippen molar-refractivity contribution < 1.29 is 37.2 Å². The zero-order valence-corrected chi connectivity index (χ0v) is 23.4. The molecular formula is C30H25F3N6O5. The number of halogens is 3. The van der Waals surface area contributed by atoms with Crippen molar-refractivity contribution in [1.82, 2.24) is 14.8 Å². The van der Waals surface area contributed by atoms with E-state index in [1.54, 1.807) is 25.1 Å². The maximum Gasteiger partial charge on any atom is 0.416 e. The molecule has 226 valence electrons. The van der Waals surface area contributed by atoms with E-state index in [2.05, 4.69) is 16.3 Å². The molecule has 0 amide bonds. The topological polar surface area (TPSA) is 148 Å². The van der Waals surface area contributed by atoms with Gasteiger partial charge in [0.25, 0.3) is 0 Å². The number of carbonyl (C=O) groups excluding carboxylic acids is 2. The van der Waals surface area contributed by atoms with Gasteiger partial charge >= 0.3 is 17.8 Å². The molecule has 0 aliphatic carbocycles. The second kappa shape index (κ2) is 13.1. The molecule has 0 saturated heterocycles. The Labute approximate surface area is 248 Å². The van der Waals surface area contributed by atoms with Gasteiger partial charge in [-0.3, -0.25) is 4.90 Å². The van der Waals surface area contributed by atoms with Crippen LogP contribution in [0.15, 0.2) is 89.1 Å². The number of nitrogens with one attached hydrogen (secondary N) is 1. The fourth-order valence-corrected chi connectivity index (χ4v) is 5.11. The smallest absolute Gasteiger partial charge is 0.416 e. The molecule has 1 aliphatic heterocycles. The molecule has 1 atom stereocenters. The minimum atomic E-state index is -4.62. The number of H-pyrrole nitrogens is 1. The lowest BCUT2D eigenvalue weighted by atomic mass is 9.89. The van der Waals surface area contributed by atoms with Crippen molar-refractivity contribution in [2.45, 2.75) is 32.1 Å². The molecule has 0 saturated carbocycles. The number of nitriles is 1. The summed E-state index contributed by atoms with van der Waals surface area (Å²) >= 11 is 0. The molecule has 0 radical (unpaired) electrons. The molecule has 11 nitrogen and oxygen atoms in total.